The highest BCUT2D eigenvalue weighted by Gasteiger charge is 2.53. The molecule has 5 heteroatoms. The van der Waals surface area contributed by atoms with Crippen LogP contribution in [0.4, 0.5) is 0 Å². The van der Waals surface area contributed by atoms with Crippen molar-refractivity contribution in [3.63, 3.8) is 0 Å². The van der Waals surface area contributed by atoms with Crippen LogP contribution in [0.25, 0.3) is 99.8 Å². The molecule has 5 nitrogen and oxygen atoms in total. The van der Waals surface area contributed by atoms with Crippen LogP contribution in [0, 0.1) is 0 Å². The third-order valence-corrected chi connectivity index (χ3v) is 12.3. The van der Waals surface area contributed by atoms with Gasteiger partial charge in [-0.3, -0.25) is 9.97 Å². The lowest BCUT2D eigenvalue weighted by atomic mass is 9.69. The van der Waals surface area contributed by atoms with Crippen LogP contribution < -0.4 is 0 Å². The summed E-state index contributed by atoms with van der Waals surface area (Å²) in [5.41, 5.74) is 18.8. The highest BCUT2D eigenvalue weighted by Crippen LogP contribution is 2.65. The SMILES string of the molecule is c1ccc2c(c1)-c1ccccc1C21c2cc3oc4ccccc4c3cc2-c2ccc3oc4ccc(-c5cc(-c6ccncc6)nc(-c6ccncc6)c5)cc4c3c21. The molecule has 0 fully saturated rings. The molecule has 0 saturated carbocycles. The number of pyridine rings is 3. The van der Waals surface area contributed by atoms with Crippen molar-refractivity contribution in [1.82, 2.24) is 15.0 Å². The van der Waals surface area contributed by atoms with Crippen molar-refractivity contribution in [1.29, 1.82) is 0 Å². The van der Waals surface area contributed by atoms with E-state index in [1.54, 1.807) is 0 Å². The smallest absolute Gasteiger partial charge is 0.135 e. The van der Waals surface area contributed by atoms with E-state index in [0.29, 0.717) is 0 Å². The van der Waals surface area contributed by atoms with Gasteiger partial charge in [-0.15, -0.1) is 0 Å². The largest absolute Gasteiger partial charge is 0.456 e. The van der Waals surface area contributed by atoms with Crippen LogP contribution in [0.3, 0.4) is 0 Å². The van der Waals surface area contributed by atoms with Gasteiger partial charge in [-0.2, -0.15) is 0 Å². The zero-order valence-electron chi connectivity index (χ0n) is 30.4. The summed E-state index contributed by atoms with van der Waals surface area (Å²) >= 11 is 0. The fourth-order valence-electron chi connectivity index (χ4n) is 9.93. The number of rotatable bonds is 3. The molecule has 0 amide bonds. The van der Waals surface area contributed by atoms with E-state index in [-0.39, 0.29) is 0 Å². The summed E-state index contributed by atoms with van der Waals surface area (Å²) in [5.74, 6) is 0. The number of hydrogen-bond donors (Lipinski definition) is 0. The minimum atomic E-state index is -0.600. The van der Waals surface area contributed by atoms with Crippen LogP contribution in [0.5, 0.6) is 0 Å². The van der Waals surface area contributed by atoms with Crippen LogP contribution in [-0.2, 0) is 5.41 Å². The van der Waals surface area contributed by atoms with Crippen LogP contribution in [-0.4, -0.2) is 15.0 Å². The lowest BCUT2D eigenvalue weighted by Gasteiger charge is -2.31. The molecule has 0 unspecified atom stereocenters. The molecular weight excluding hydrogens is 699 g/mol. The Bertz CT molecular complexity index is 3370. The van der Waals surface area contributed by atoms with E-state index in [0.717, 1.165) is 77.5 Å². The average Bonchev–Trinajstić information content (AvgIpc) is 4.00. The minimum absolute atomic E-state index is 0.600. The van der Waals surface area contributed by atoms with Crippen molar-refractivity contribution in [2.75, 3.05) is 0 Å². The molecule has 2 aliphatic rings. The second-order valence-electron chi connectivity index (χ2n) is 15.1. The van der Waals surface area contributed by atoms with Gasteiger partial charge in [-0.25, -0.2) is 4.98 Å². The average molecular weight is 728 g/mol. The molecule has 6 aromatic carbocycles. The summed E-state index contributed by atoms with van der Waals surface area (Å²) in [7, 11) is 0. The van der Waals surface area contributed by atoms with Crippen molar-refractivity contribution in [2.24, 2.45) is 0 Å². The van der Waals surface area contributed by atoms with Gasteiger partial charge in [0, 0.05) is 57.5 Å². The molecule has 13 rings (SSSR count). The fourth-order valence-corrected chi connectivity index (χ4v) is 9.93. The van der Waals surface area contributed by atoms with Gasteiger partial charge >= 0.3 is 0 Å². The number of fused-ring (bicyclic) bond motifs is 17. The van der Waals surface area contributed by atoms with Crippen molar-refractivity contribution in [3.8, 4) is 55.9 Å². The summed E-state index contributed by atoms with van der Waals surface area (Å²) in [6.07, 6.45) is 7.25. The lowest BCUT2D eigenvalue weighted by Crippen LogP contribution is -2.26. The summed E-state index contributed by atoms with van der Waals surface area (Å²) in [5, 5.41) is 4.46. The second-order valence-corrected chi connectivity index (χ2v) is 15.1. The van der Waals surface area contributed by atoms with Gasteiger partial charge in [-0.05, 0) is 128 Å². The zero-order valence-corrected chi connectivity index (χ0v) is 30.4. The maximum absolute atomic E-state index is 6.81. The molecule has 0 atom stereocenters. The normalized spacial score (nSPS) is 13.4. The Hall–Kier alpha value is -7.63. The van der Waals surface area contributed by atoms with Gasteiger partial charge in [-0.1, -0.05) is 78.9 Å². The Morgan fingerprint density at radius 3 is 1.70 bits per heavy atom. The fraction of sp³-hybridized carbons (Fsp3) is 0.0192. The molecule has 5 heterocycles. The van der Waals surface area contributed by atoms with Gasteiger partial charge in [0.15, 0.2) is 0 Å². The molecule has 2 aliphatic carbocycles. The molecule has 0 N–H and O–H groups in total. The molecular formula is C52H29N3O2. The van der Waals surface area contributed by atoms with Crippen molar-refractivity contribution in [2.45, 2.75) is 5.41 Å². The molecule has 0 bridgehead atoms. The first-order valence-corrected chi connectivity index (χ1v) is 19.2. The molecule has 0 saturated heterocycles. The standard InChI is InChI=1S/C52H29N3O2/c1-4-10-41-34(7-1)35-8-2-5-11-42(35)52(41)43-29-49-39(36-9-3-6-12-46(36)57-49)28-38(43)37-14-16-48-50(51(37)52)40-25-32(13-15-47(40)56-48)33-26-44(30-17-21-53-22-18-30)55-45(27-33)31-19-23-54-24-20-31/h1-29H. The highest BCUT2D eigenvalue weighted by atomic mass is 16.3. The van der Waals surface area contributed by atoms with E-state index in [1.165, 1.54) is 44.5 Å². The van der Waals surface area contributed by atoms with Crippen LogP contribution in [0.15, 0.2) is 185 Å². The second kappa shape index (κ2) is 11.2. The Kier molecular flexibility index (Phi) is 6.04. The van der Waals surface area contributed by atoms with E-state index in [4.69, 9.17) is 13.8 Å². The first kappa shape index (κ1) is 30.7. The number of furan rings is 2. The summed E-state index contributed by atoms with van der Waals surface area (Å²) < 4.78 is 13.4. The molecule has 0 aliphatic heterocycles. The Labute approximate surface area is 326 Å². The van der Waals surface area contributed by atoms with Crippen LogP contribution in [0.2, 0.25) is 0 Å². The maximum Gasteiger partial charge on any atom is 0.135 e. The predicted molar refractivity (Wildman–Crippen MR) is 227 cm³/mol. The first-order valence-electron chi connectivity index (χ1n) is 19.2. The van der Waals surface area contributed by atoms with Crippen LogP contribution >= 0.6 is 0 Å². The van der Waals surface area contributed by atoms with Gasteiger partial charge in [0.1, 0.15) is 22.3 Å². The van der Waals surface area contributed by atoms with Crippen molar-refractivity contribution >= 4 is 43.9 Å². The monoisotopic (exact) mass is 727 g/mol. The third kappa shape index (κ3) is 4.09. The molecule has 0 radical (unpaired) electrons. The van der Waals surface area contributed by atoms with Crippen molar-refractivity contribution in [3.05, 3.63) is 199 Å². The van der Waals surface area contributed by atoms with E-state index in [1.807, 2.05) is 55.1 Å². The summed E-state index contributed by atoms with van der Waals surface area (Å²) in [6, 6.07) is 54.3. The van der Waals surface area contributed by atoms with Gasteiger partial charge in [0.05, 0.1) is 16.8 Å². The maximum atomic E-state index is 6.81. The lowest BCUT2D eigenvalue weighted by molar-refractivity contribution is 0.666. The number of para-hydroxylation sites is 1. The third-order valence-electron chi connectivity index (χ3n) is 12.3. The molecule has 5 aromatic heterocycles. The highest BCUT2D eigenvalue weighted by molar-refractivity contribution is 6.16. The zero-order chi connectivity index (χ0) is 37.2. The van der Waals surface area contributed by atoms with Crippen molar-refractivity contribution < 1.29 is 8.83 Å². The number of benzene rings is 6. The quantitative estimate of drug-likeness (QED) is 0.181. The Morgan fingerprint density at radius 1 is 0.368 bits per heavy atom. The predicted octanol–water partition coefficient (Wildman–Crippen LogP) is 13.0. The molecule has 57 heavy (non-hydrogen) atoms. The molecule has 11 aromatic rings. The summed E-state index contributed by atoms with van der Waals surface area (Å²) in [4.78, 5) is 13.6. The van der Waals surface area contributed by atoms with Gasteiger partial charge < -0.3 is 8.83 Å². The number of hydrogen-bond acceptors (Lipinski definition) is 5. The number of aromatic nitrogens is 3. The number of nitrogens with zero attached hydrogens (tertiary/aromatic N) is 3. The van der Waals surface area contributed by atoms with E-state index >= 15 is 0 Å². The Balaban J connectivity index is 1.13. The first-order chi connectivity index (χ1) is 28.2. The van der Waals surface area contributed by atoms with Gasteiger partial charge in [0.2, 0.25) is 0 Å². The van der Waals surface area contributed by atoms with E-state index < -0.39 is 5.41 Å². The van der Waals surface area contributed by atoms with Crippen LogP contribution in [0.1, 0.15) is 22.3 Å². The topological polar surface area (TPSA) is 65.0 Å². The molecule has 264 valence electrons. The summed E-state index contributed by atoms with van der Waals surface area (Å²) in [6.45, 7) is 0. The van der Waals surface area contributed by atoms with Gasteiger partial charge in [0.25, 0.3) is 0 Å². The van der Waals surface area contributed by atoms with E-state index in [9.17, 15) is 0 Å². The Morgan fingerprint density at radius 2 is 0.982 bits per heavy atom. The minimum Gasteiger partial charge on any atom is -0.456 e. The molecule has 1 spiro atoms. The van der Waals surface area contributed by atoms with E-state index in [2.05, 4.69) is 131 Å².